The molecule has 75 heavy (non-hydrogen) atoms. The molecule has 0 bridgehead atoms. The molecule has 2 saturated heterocycles. The van der Waals surface area contributed by atoms with Gasteiger partial charge in [-0.2, -0.15) is 23.9 Å². The van der Waals surface area contributed by atoms with E-state index < -0.39 is 26.7 Å². The normalized spacial score (nSPS) is 14.3. The number of benzene rings is 3. The number of halogens is 2. The van der Waals surface area contributed by atoms with Crippen molar-refractivity contribution in [2.45, 2.75) is 123 Å². The number of rotatable bonds is 23. The number of carbonyl (C=O) groups excluding carboxylic acids is 1. The predicted octanol–water partition coefficient (Wildman–Crippen LogP) is 11.0. The first kappa shape index (κ1) is 58.6. The number of sulfonamides is 1. The zero-order valence-corrected chi connectivity index (χ0v) is 46.8. The molecule has 0 aliphatic carbocycles. The molecule has 0 saturated carbocycles. The van der Waals surface area contributed by atoms with Gasteiger partial charge in [-0.15, -0.1) is 0 Å². The standard InChI is InChI=1S/C29H37ClN4O4S.C27H39ClN4O4/c1-2-3-4-5-6-12-21-38-27-16-11-10-15-25(27)34-29(35)28(30)26(22-31-34)32-17-19-33(20-18-32)39(36,37)23-24-13-8-7-9-14-24;1-5-6-7-8-9-12-19-35-23-14-11-10-13-21(23)32-25(33)24(28)22(20-29-32)30-15-17-31(18-16-30)26(34)36-27(2,3)4/h7-11,13-16,22H,2-6,12,17-21,23H2,1H3;10-11,13-14,20H,5-9,12,15-19H2,1-4H3. The molecule has 408 valence electrons. The summed E-state index contributed by atoms with van der Waals surface area (Å²) < 4.78 is 47.3. The van der Waals surface area contributed by atoms with Crippen LogP contribution < -0.4 is 30.4 Å². The minimum absolute atomic E-state index is 0.0352. The second-order valence-electron chi connectivity index (χ2n) is 19.9. The number of hydrogen-bond donors (Lipinski definition) is 0. The molecule has 2 aliphatic rings. The number of ether oxygens (including phenoxy) is 3. The van der Waals surface area contributed by atoms with E-state index in [2.05, 4.69) is 24.0 Å². The smallest absolute Gasteiger partial charge is 0.410 e. The van der Waals surface area contributed by atoms with Gasteiger partial charge in [0.25, 0.3) is 11.1 Å². The Morgan fingerprint density at radius 3 is 1.43 bits per heavy atom. The van der Waals surface area contributed by atoms with Crippen LogP contribution in [0.1, 0.15) is 117 Å². The molecular weight excluding hydrogens is 1020 g/mol. The average molecular weight is 1090 g/mol. The van der Waals surface area contributed by atoms with E-state index in [1.807, 2.05) is 97.3 Å². The lowest BCUT2D eigenvalue weighted by atomic mass is 10.1. The van der Waals surface area contributed by atoms with Crippen molar-refractivity contribution < 1.29 is 27.4 Å². The van der Waals surface area contributed by atoms with Gasteiger partial charge in [-0.3, -0.25) is 9.59 Å². The zero-order valence-electron chi connectivity index (χ0n) is 44.4. The van der Waals surface area contributed by atoms with Crippen LogP contribution in [0.5, 0.6) is 11.5 Å². The predicted molar refractivity (Wildman–Crippen MR) is 300 cm³/mol. The highest BCUT2D eigenvalue weighted by atomic mass is 35.5. The molecule has 2 fully saturated rings. The van der Waals surface area contributed by atoms with Gasteiger partial charge in [0.15, 0.2) is 0 Å². The molecule has 3 aromatic carbocycles. The Morgan fingerprint density at radius 1 is 0.560 bits per heavy atom. The summed E-state index contributed by atoms with van der Waals surface area (Å²) in [7, 11) is -3.45. The molecule has 7 rings (SSSR count). The third kappa shape index (κ3) is 17.2. The Balaban J connectivity index is 0.000000245. The van der Waals surface area contributed by atoms with Gasteiger partial charge in [0.05, 0.1) is 42.7 Å². The van der Waals surface area contributed by atoms with E-state index in [9.17, 15) is 22.8 Å². The summed E-state index contributed by atoms with van der Waals surface area (Å²) in [6.45, 7) is 14.6. The fourth-order valence-electron chi connectivity index (χ4n) is 8.81. The maximum absolute atomic E-state index is 13.3. The third-order valence-corrected chi connectivity index (χ3v) is 15.5. The van der Waals surface area contributed by atoms with E-state index >= 15 is 0 Å². The van der Waals surface area contributed by atoms with Gasteiger partial charge in [0.2, 0.25) is 10.0 Å². The summed E-state index contributed by atoms with van der Waals surface area (Å²) in [4.78, 5) is 44.4. The van der Waals surface area contributed by atoms with Crippen molar-refractivity contribution in [3.8, 4) is 22.9 Å². The van der Waals surface area contributed by atoms with Crippen LogP contribution in [0.15, 0.2) is 101 Å². The van der Waals surface area contributed by atoms with Gasteiger partial charge >= 0.3 is 6.09 Å². The molecule has 16 nitrogen and oxygen atoms in total. The second kappa shape index (κ2) is 29.0. The van der Waals surface area contributed by atoms with Crippen LogP contribution in [-0.2, 0) is 20.5 Å². The van der Waals surface area contributed by atoms with Crippen molar-refractivity contribution in [1.82, 2.24) is 28.8 Å². The minimum atomic E-state index is -3.45. The Morgan fingerprint density at radius 2 is 0.973 bits per heavy atom. The van der Waals surface area contributed by atoms with Crippen LogP contribution in [0, 0.1) is 0 Å². The molecule has 0 unspecified atom stereocenters. The summed E-state index contributed by atoms with van der Waals surface area (Å²) in [5.74, 6) is 1.16. The molecule has 0 radical (unpaired) electrons. The minimum Gasteiger partial charge on any atom is -0.491 e. The van der Waals surface area contributed by atoms with Crippen molar-refractivity contribution in [1.29, 1.82) is 0 Å². The van der Waals surface area contributed by atoms with E-state index in [0.717, 1.165) is 31.2 Å². The van der Waals surface area contributed by atoms with Gasteiger partial charge in [0, 0.05) is 52.4 Å². The summed E-state index contributed by atoms with van der Waals surface area (Å²) in [6.07, 6.45) is 16.9. The summed E-state index contributed by atoms with van der Waals surface area (Å²) >= 11 is 13.1. The number of nitrogens with zero attached hydrogens (tertiary/aromatic N) is 8. The number of piperazine rings is 2. The highest BCUT2D eigenvalue weighted by Gasteiger charge is 2.30. The summed E-state index contributed by atoms with van der Waals surface area (Å²) in [5.41, 5.74) is 1.54. The first-order valence-corrected chi connectivity index (χ1v) is 29.0. The van der Waals surface area contributed by atoms with Crippen LogP contribution >= 0.6 is 23.2 Å². The fraction of sp³-hybridized carbons (Fsp3) is 0.518. The SMILES string of the molecule is CCCCCCCCOc1ccccc1-n1ncc(N2CCN(C(=O)OC(C)(C)C)CC2)c(Cl)c1=O.CCCCCCCCOc1ccccc1-n1ncc(N2CCN(S(=O)(=O)Cc3ccccc3)CC2)c(Cl)c1=O. The molecule has 4 heterocycles. The molecule has 2 aliphatic heterocycles. The van der Waals surface area contributed by atoms with Crippen molar-refractivity contribution in [2.24, 2.45) is 0 Å². The summed E-state index contributed by atoms with van der Waals surface area (Å²) in [5, 5.41) is 8.98. The lowest BCUT2D eigenvalue weighted by molar-refractivity contribution is 0.0240. The number of amides is 1. The van der Waals surface area contributed by atoms with Crippen LogP contribution in [0.25, 0.3) is 11.4 Å². The fourth-order valence-corrected chi connectivity index (χ4v) is 10.8. The van der Waals surface area contributed by atoms with Crippen molar-refractivity contribution in [3.63, 3.8) is 0 Å². The van der Waals surface area contributed by atoms with Crippen molar-refractivity contribution in [3.05, 3.63) is 128 Å². The number of aromatic nitrogens is 4. The van der Waals surface area contributed by atoms with E-state index in [4.69, 9.17) is 37.4 Å². The van der Waals surface area contributed by atoms with Gasteiger partial charge < -0.3 is 28.9 Å². The zero-order chi connectivity index (χ0) is 53.8. The Kier molecular flexibility index (Phi) is 22.7. The molecule has 2 aromatic heterocycles. The Labute approximate surface area is 453 Å². The Bertz CT molecular complexity index is 2810. The largest absolute Gasteiger partial charge is 0.491 e. The third-order valence-electron chi connectivity index (χ3n) is 12.9. The number of para-hydroxylation sites is 4. The van der Waals surface area contributed by atoms with Crippen LogP contribution in [0.3, 0.4) is 0 Å². The van der Waals surface area contributed by atoms with E-state index in [0.29, 0.717) is 99.8 Å². The maximum atomic E-state index is 13.3. The van der Waals surface area contributed by atoms with E-state index in [1.54, 1.807) is 29.4 Å². The van der Waals surface area contributed by atoms with E-state index in [1.165, 1.54) is 65.0 Å². The van der Waals surface area contributed by atoms with Crippen molar-refractivity contribution in [2.75, 3.05) is 75.4 Å². The molecule has 0 atom stereocenters. The molecule has 19 heteroatoms. The van der Waals surface area contributed by atoms with Crippen LogP contribution in [-0.4, -0.2) is 114 Å². The van der Waals surface area contributed by atoms with Crippen LogP contribution in [0.2, 0.25) is 10.0 Å². The first-order chi connectivity index (χ1) is 36.1. The summed E-state index contributed by atoms with van der Waals surface area (Å²) in [6, 6.07) is 23.9. The number of carbonyl (C=O) groups is 1. The average Bonchev–Trinajstić information content (AvgIpc) is 3.40. The van der Waals surface area contributed by atoms with Gasteiger partial charge in [-0.05, 0) is 63.4 Å². The van der Waals surface area contributed by atoms with Crippen LogP contribution in [0.4, 0.5) is 16.2 Å². The number of anilines is 2. The first-order valence-electron chi connectivity index (χ1n) is 26.6. The molecule has 5 aromatic rings. The van der Waals surface area contributed by atoms with Crippen molar-refractivity contribution >= 4 is 50.7 Å². The topological polar surface area (TPSA) is 162 Å². The monoisotopic (exact) mass is 1090 g/mol. The second-order valence-corrected chi connectivity index (χ2v) is 22.6. The maximum Gasteiger partial charge on any atom is 0.410 e. The highest BCUT2D eigenvalue weighted by Crippen LogP contribution is 2.29. The molecule has 0 spiro atoms. The van der Waals surface area contributed by atoms with Gasteiger partial charge in [-0.1, -0.05) is 156 Å². The Hall–Kier alpha value is -5.62. The molecule has 1 amide bonds. The number of hydrogen-bond acceptors (Lipinski definition) is 12. The highest BCUT2D eigenvalue weighted by molar-refractivity contribution is 7.88. The molecular formula is C56H76Cl2N8O8S. The van der Waals surface area contributed by atoms with Gasteiger partial charge in [-0.25, -0.2) is 13.2 Å². The lowest BCUT2D eigenvalue weighted by Crippen LogP contribution is -2.50. The number of unbranched alkanes of at least 4 members (excludes halogenated alkanes) is 10. The van der Waals surface area contributed by atoms with E-state index in [-0.39, 0.29) is 21.9 Å². The lowest BCUT2D eigenvalue weighted by Gasteiger charge is -2.36. The van der Waals surface area contributed by atoms with Gasteiger partial charge in [0.1, 0.15) is 38.5 Å². The quantitative estimate of drug-likeness (QED) is 0.0570. The molecule has 0 N–H and O–H groups in total.